The normalized spacial score (nSPS) is 22.9. The summed E-state index contributed by atoms with van der Waals surface area (Å²) in [4.78, 5) is 39.8. The number of benzene rings is 1. The minimum absolute atomic E-state index is 0.0589. The van der Waals surface area contributed by atoms with Crippen molar-refractivity contribution in [1.29, 1.82) is 0 Å². The van der Waals surface area contributed by atoms with Crippen LogP contribution in [0.3, 0.4) is 0 Å². The number of rotatable bonds is 5. The van der Waals surface area contributed by atoms with Crippen molar-refractivity contribution in [2.75, 3.05) is 5.32 Å². The van der Waals surface area contributed by atoms with Crippen molar-refractivity contribution >= 4 is 35.0 Å². The molecule has 1 heterocycles. The van der Waals surface area contributed by atoms with E-state index in [1.165, 1.54) is 12.1 Å². The van der Waals surface area contributed by atoms with Gasteiger partial charge in [-0.1, -0.05) is 37.6 Å². The van der Waals surface area contributed by atoms with Crippen LogP contribution in [0.15, 0.2) is 30.4 Å². The molecule has 1 saturated heterocycles. The third-order valence-corrected chi connectivity index (χ3v) is 5.35. The molecule has 0 spiro atoms. The molecule has 1 aliphatic heterocycles. The van der Waals surface area contributed by atoms with E-state index in [1.807, 2.05) is 26.0 Å². The number of carbonyl (C=O) groups is 3. The molecule has 3 atom stereocenters. The van der Waals surface area contributed by atoms with Gasteiger partial charge in [0, 0.05) is 0 Å². The lowest BCUT2D eigenvalue weighted by Crippen LogP contribution is -2.48. The summed E-state index contributed by atoms with van der Waals surface area (Å²) in [7, 11) is 0. The zero-order chi connectivity index (χ0) is 19.7. The standard InChI is InChI=1S/C20H22ClFN2O3/c1-11(2)9-17(18(25)23-16-8-7-12(22)10-15(16)21)24-19(26)13-5-3-4-6-14(13)20(24)27/h3-4,7-8,10-11,13-14,17H,5-6,9H2,1-2H3,(H,23,25). The Balaban J connectivity index is 1.86. The summed E-state index contributed by atoms with van der Waals surface area (Å²) in [5.74, 6) is -2.28. The molecule has 3 rings (SSSR count). The average molecular weight is 393 g/mol. The predicted molar refractivity (Wildman–Crippen MR) is 100 cm³/mol. The van der Waals surface area contributed by atoms with Crippen molar-refractivity contribution in [3.63, 3.8) is 0 Å². The molecule has 3 unspecified atom stereocenters. The van der Waals surface area contributed by atoms with E-state index in [0.717, 1.165) is 11.0 Å². The summed E-state index contributed by atoms with van der Waals surface area (Å²) in [6.07, 6.45) is 5.20. The van der Waals surface area contributed by atoms with Gasteiger partial charge in [0.25, 0.3) is 0 Å². The Kier molecular flexibility index (Phi) is 5.65. The molecule has 27 heavy (non-hydrogen) atoms. The van der Waals surface area contributed by atoms with Crippen LogP contribution in [0.4, 0.5) is 10.1 Å². The molecule has 2 aliphatic rings. The Labute approximate surface area is 162 Å². The summed E-state index contributed by atoms with van der Waals surface area (Å²) in [6, 6.07) is 2.72. The number of fused-ring (bicyclic) bond motifs is 1. The lowest BCUT2D eigenvalue weighted by Gasteiger charge is -2.27. The van der Waals surface area contributed by atoms with Crippen molar-refractivity contribution in [3.8, 4) is 0 Å². The van der Waals surface area contributed by atoms with Gasteiger partial charge < -0.3 is 5.32 Å². The van der Waals surface area contributed by atoms with Crippen molar-refractivity contribution < 1.29 is 18.8 Å². The summed E-state index contributed by atoms with van der Waals surface area (Å²) in [6.45, 7) is 3.84. The molecule has 1 fully saturated rings. The van der Waals surface area contributed by atoms with Gasteiger partial charge in [0.2, 0.25) is 17.7 Å². The topological polar surface area (TPSA) is 66.5 Å². The van der Waals surface area contributed by atoms with Gasteiger partial charge in [0.05, 0.1) is 22.5 Å². The first kappa shape index (κ1) is 19.5. The van der Waals surface area contributed by atoms with Crippen LogP contribution in [0.1, 0.15) is 33.1 Å². The Morgan fingerprint density at radius 1 is 1.22 bits per heavy atom. The maximum absolute atomic E-state index is 13.2. The lowest BCUT2D eigenvalue weighted by atomic mass is 9.85. The van der Waals surface area contributed by atoms with E-state index in [-0.39, 0.29) is 40.3 Å². The Morgan fingerprint density at radius 2 is 1.81 bits per heavy atom. The minimum Gasteiger partial charge on any atom is -0.323 e. The Bertz CT molecular complexity index is 782. The molecule has 5 nitrogen and oxygen atoms in total. The molecule has 1 aliphatic carbocycles. The Morgan fingerprint density at radius 3 is 2.33 bits per heavy atom. The molecular weight excluding hydrogens is 371 g/mol. The fourth-order valence-electron chi connectivity index (χ4n) is 3.72. The SMILES string of the molecule is CC(C)CC(C(=O)Nc1ccc(F)cc1Cl)N1C(=O)C2CC=CCC2C1=O. The number of hydrogen-bond donors (Lipinski definition) is 1. The highest BCUT2D eigenvalue weighted by Gasteiger charge is 2.51. The second kappa shape index (κ2) is 7.80. The zero-order valence-electron chi connectivity index (χ0n) is 15.2. The van der Waals surface area contributed by atoms with Gasteiger partial charge in [-0.3, -0.25) is 19.3 Å². The summed E-state index contributed by atoms with van der Waals surface area (Å²) >= 11 is 5.99. The highest BCUT2D eigenvalue weighted by atomic mass is 35.5. The van der Waals surface area contributed by atoms with Crippen LogP contribution in [0.2, 0.25) is 5.02 Å². The fourth-order valence-corrected chi connectivity index (χ4v) is 3.93. The molecule has 3 amide bonds. The van der Waals surface area contributed by atoms with E-state index in [0.29, 0.717) is 19.3 Å². The number of nitrogens with one attached hydrogen (secondary N) is 1. The molecule has 144 valence electrons. The molecule has 7 heteroatoms. The average Bonchev–Trinajstić information content (AvgIpc) is 2.86. The highest BCUT2D eigenvalue weighted by Crippen LogP contribution is 2.37. The fraction of sp³-hybridized carbons (Fsp3) is 0.450. The van der Waals surface area contributed by atoms with Crippen molar-refractivity contribution in [2.24, 2.45) is 17.8 Å². The van der Waals surface area contributed by atoms with Crippen LogP contribution >= 0.6 is 11.6 Å². The van der Waals surface area contributed by atoms with Gasteiger partial charge in [-0.15, -0.1) is 0 Å². The molecule has 0 saturated carbocycles. The van der Waals surface area contributed by atoms with Gasteiger partial charge >= 0.3 is 0 Å². The van der Waals surface area contributed by atoms with Crippen molar-refractivity contribution in [1.82, 2.24) is 4.90 Å². The molecular formula is C20H22ClFN2O3. The quantitative estimate of drug-likeness (QED) is 0.612. The van der Waals surface area contributed by atoms with Crippen LogP contribution in [-0.2, 0) is 14.4 Å². The molecule has 1 aromatic rings. The highest BCUT2D eigenvalue weighted by molar-refractivity contribution is 6.33. The number of amides is 3. The van der Waals surface area contributed by atoms with E-state index in [2.05, 4.69) is 5.32 Å². The minimum atomic E-state index is -0.920. The van der Waals surface area contributed by atoms with Crippen molar-refractivity contribution in [2.45, 2.75) is 39.2 Å². The number of likely N-dealkylation sites (tertiary alicyclic amines) is 1. The first-order valence-electron chi connectivity index (χ1n) is 9.07. The first-order valence-corrected chi connectivity index (χ1v) is 9.45. The molecule has 1 aromatic carbocycles. The number of halogens is 2. The number of carbonyl (C=O) groups excluding carboxylic acids is 3. The van der Waals surface area contributed by atoms with Crippen LogP contribution in [-0.4, -0.2) is 28.7 Å². The number of hydrogen-bond acceptors (Lipinski definition) is 3. The van der Waals surface area contributed by atoms with E-state index >= 15 is 0 Å². The van der Waals surface area contributed by atoms with Crippen LogP contribution < -0.4 is 5.32 Å². The smallest absolute Gasteiger partial charge is 0.247 e. The second-order valence-electron chi connectivity index (χ2n) is 7.46. The van der Waals surface area contributed by atoms with Gasteiger partial charge in [-0.25, -0.2) is 4.39 Å². The molecule has 0 bridgehead atoms. The third kappa shape index (κ3) is 3.90. The van der Waals surface area contributed by atoms with E-state index in [4.69, 9.17) is 11.6 Å². The number of imide groups is 1. The number of anilines is 1. The second-order valence-corrected chi connectivity index (χ2v) is 7.87. The molecule has 0 radical (unpaired) electrons. The summed E-state index contributed by atoms with van der Waals surface area (Å²) in [5, 5.41) is 2.70. The van der Waals surface area contributed by atoms with Crippen LogP contribution in [0.5, 0.6) is 0 Å². The first-order chi connectivity index (χ1) is 12.8. The van der Waals surface area contributed by atoms with Gasteiger partial charge in [-0.05, 0) is 43.4 Å². The summed E-state index contributed by atoms with van der Waals surface area (Å²) < 4.78 is 13.2. The maximum Gasteiger partial charge on any atom is 0.247 e. The zero-order valence-corrected chi connectivity index (χ0v) is 16.0. The van der Waals surface area contributed by atoms with E-state index in [9.17, 15) is 18.8 Å². The molecule has 0 aromatic heterocycles. The largest absolute Gasteiger partial charge is 0.323 e. The van der Waals surface area contributed by atoms with Gasteiger partial charge in [0.15, 0.2) is 0 Å². The van der Waals surface area contributed by atoms with Crippen LogP contribution in [0.25, 0.3) is 0 Å². The third-order valence-electron chi connectivity index (χ3n) is 5.04. The molecule has 1 N–H and O–H groups in total. The monoisotopic (exact) mass is 392 g/mol. The maximum atomic E-state index is 13.2. The van der Waals surface area contributed by atoms with E-state index < -0.39 is 17.8 Å². The Hall–Kier alpha value is -2.21. The lowest BCUT2D eigenvalue weighted by molar-refractivity contribution is -0.147. The predicted octanol–water partition coefficient (Wildman–Crippen LogP) is 3.78. The number of allylic oxidation sites excluding steroid dienone is 2. The van der Waals surface area contributed by atoms with Gasteiger partial charge in [0.1, 0.15) is 11.9 Å². The van der Waals surface area contributed by atoms with Crippen LogP contribution in [0, 0.1) is 23.6 Å². The number of nitrogens with zero attached hydrogens (tertiary/aromatic N) is 1. The van der Waals surface area contributed by atoms with E-state index in [1.54, 1.807) is 0 Å². The summed E-state index contributed by atoms with van der Waals surface area (Å²) in [5.41, 5.74) is 0.245. The van der Waals surface area contributed by atoms with Gasteiger partial charge in [-0.2, -0.15) is 0 Å². The van der Waals surface area contributed by atoms with Crippen molar-refractivity contribution in [3.05, 3.63) is 41.2 Å².